The second-order valence-electron chi connectivity index (χ2n) is 4.87. The van der Waals surface area contributed by atoms with Gasteiger partial charge in [-0.05, 0) is 20.3 Å². The zero-order chi connectivity index (χ0) is 10.3. The summed E-state index contributed by atoms with van der Waals surface area (Å²) in [4.78, 5) is 0. The Bertz CT molecular complexity index is 240. The maximum absolute atomic E-state index is 9.71. The first kappa shape index (κ1) is 10.5. The molecule has 1 unspecified atom stereocenters. The van der Waals surface area contributed by atoms with E-state index in [2.05, 4.69) is 6.07 Å². The Morgan fingerprint density at radius 3 is 2.38 bits per heavy atom. The molecule has 1 atom stereocenters. The van der Waals surface area contributed by atoms with E-state index in [0.717, 1.165) is 6.42 Å². The van der Waals surface area contributed by atoms with Crippen molar-refractivity contribution in [2.24, 2.45) is 11.3 Å². The second-order valence-corrected chi connectivity index (χ2v) is 4.87. The summed E-state index contributed by atoms with van der Waals surface area (Å²) in [6.45, 7) is 8.65. The first-order valence-electron chi connectivity index (χ1n) is 4.70. The molecule has 0 bridgehead atoms. The number of piperidine rings is 1. The van der Waals surface area contributed by atoms with Crippen LogP contribution in [0, 0.1) is 22.7 Å². The Morgan fingerprint density at radius 1 is 1.38 bits per heavy atom. The van der Waals surface area contributed by atoms with Crippen LogP contribution in [0.15, 0.2) is 0 Å². The van der Waals surface area contributed by atoms with E-state index in [-0.39, 0.29) is 16.9 Å². The Balaban J connectivity index is 3.01. The molecule has 3 nitrogen and oxygen atoms in total. The Hall–Kier alpha value is -0.590. The average molecular weight is 182 g/mol. The van der Waals surface area contributed by atoms with Crippen LogP contribution in [-0.2, 0) is 0 Å². The predicted molar refractivity (Wildman–Crippen MR) is 50.1 cm³/mol. The molecule has 0 spiro atoms. The van der Waals surface area contributed by atoms with Crippen molar-refractivity contribution in [1.82, 2.24) is 5.06 Å². The molecule has 0 aromatic rings. The van der Waals surface area contributed by atoms with Crippen LogP contribution in [0.25, 0.3) is 0 Å². The maximum Gasteiger partial charge on any atom is 0.0662 e. The number of hydrogen-bond acceptors (Lipinski definition) is 3. The predicted octanol–water partition coefficient (Wildman–Crippen LogP) is 2.03. The summed E-state index contributed by atoms with van der Waals surface area (Å²) in [7, 11) is 0. The summed E-state index contributed by atoms with van der Waals surface area (Å²) < 4.78 is 0. The summed E-state index contributed by atoms with van der Waals surface area (Å²) in [6.07, 6.45) is 0.753. The van der Waals surface area contributed by atoms with Crippen molar-refractivity contribution in [3.05, 3.63) is 0 Å². The molecule has 0 radical (unpaired) electrons. The van der Waals surface area contributed by atoms with Gasteiger partial charge in [-0.3, -0.25) is 0 Å². The SMILES string of the molecule is CC1(C)C(C#N)CCN(O)C1(C)C. The Kier molecular flexibility index (Phi) is 2.40. The molecular weight excluding hydrogens is 164 g/mol. The highest BCUT2D eigenvalue weighted by Crippen LogP contribution is 2.45. The van der Waals surface area contributed by atoms with Crippen LogP contribution in [0.1, 0.15) is 34.1 Å². The average Bonchev–Trinajstić information content (AvgIpc) is 2.02. The van der Waals surface area contributed by atoms with Crippen molar-refractivity contribution in [1.29, 1.82) is 5.26 Å². The van der Waals surface area contributed by atoms with Gasteiger partial charge in [0, 0.05) is 17.5 Å². The largest absolute Gasteiger partial charge is 0.313 e. The summed E-state index contributed by atoms with van der Waals surface area (Å²) in [5.74, 6) is 0.0332. The fourth-order valence-corrected chi connectivity index (χ4v) is 1.88. The molecule has 0 aliphatic carbocycles. The van der Waals surface area contributed by atoms with Gasteiger partial charge in [0.1, 0.15) is 0 Å². The van der Waals surface area contributed by atoms with E-state index in [9.17, 15) is 5.21 Å². The molecule has 1 heterocycles. The Labute approximate surface area is 79.9 Å². The van der Waals surface area contributed by atoms with Gasteiger partial charge in [-0.25, -0.2) is 0 Å². The third kappa shape index (κ3) is 1.34. The van der Waals surface area contributed by atoms with Crippen LogP contribution in [0.3, 0.4) is 0 Å². The van der Waals surface area contributed by atoms with Gasteiger partial charge in [-0.1, -0.05) is 13.8 Å². The number of rotatable bonds is 0. The lowest BCUT2D eigenvalue weighted by Gasteiger charge is -2.52. The molecule has 13 heavy (non-hydrogen) atoms. The molecular formula is C10H18N2O. The van der Waals surface area contributed by atoms with E-state index >= 15 is 0 Å². The van der Waals surface area contributed by atoms with Gasteiger partial charge in [0.2, 0.25) is 0 Å². The quantitative estimate of drug-likeness (QED) is 0.623. The molecule has 0 amide bonds. The lowest BCUT2D eigenvalue weighted by atomic mass is 9.63. The molecule has 0 aromatic heterocycles. The number of hydrogen-bond donors (Lipinski definition) is 1. The molecule has 1 fully saturated rings. The van der Waals surface area contributed by atoms with E-state index in [1.807, 2.05) is 27.7 Å². The van der Waals surface area contributed by atoms with Gasteiger partial charge in [0.25, 0.3) is 0 Å². The minimum atomic E-state index is -0.328. The van der Waals surface area contributed by atoms with Crippen LogP contribution >= 0.6 is 0 Å². The molecule has 74 valence electrons. The van der Waals surface area contributed by atoms with Gasteiger partial charge in [-0.15, -0.1) is 0 Å². The fourth-order valence-electron chi connectivity index (χ4n) is 1.88. The summed E-state index contributed by atoms with van der Waals surface area (Å²) in [5, 5.41) is 20.1. The molecule has 1 aliphatic heterocycles. The zero-order valence-corrected chi connectivity index (χ0v) is 8.83. The number of hydroxylamine groups is 2. The van der Waals surface area contributed by atoms with Crippen molar-refractivity contribution in [2.45, 2.75) is 39.7 Å². The van der Waals surface area contributed by atoms with Crippen LogP contribution < -0.4 is 0 Å². The van der Waals surface area contributed by atoms with Gasteiger partial charge in [0.15, 0.2) is 0 Å². The number of nitriles is 1. The first-order chi connectivity index (χ1) is 5.84. The molecule has 1 saturated heterocycles. The normalized spacial score (nSPS) is 32.5. The zero-order valence-electron chi connectivity index (χ0n) is 8.83. The van der Waals surface area contributed by atoms with Gasteiger partial charge >= 0.3 is 0 Å². The third-order valence-electron chi connectivity index (χ3n) is 3.88. The molecule has 1 aliphatic rings. The minimum Gasteiger partial charge on any atom is -0.313 e. The lowest BCUT2D eigenvalue weighted by Crippen LogP contribution is -2.59. The molecule has 0 saturated carbocycles. The second kappa shape index (κ2) is 2.97. The Morgan fingerprint density at radius 2 is 1.92 bits per heavy atom. The third-order valence-corrected chi connectivity index (χ3v) is 3.88. The number of nitrogens with zero attached hydrogens (tertiary/aromatic N) is 2. The standard InChI is InChI=1S/C10H18N2O/c1-9(2)8(7-11)5-6-12(13)10(9,3)4/h8,13H,5-6H2,1-4H3. The summed E-state index contributed by atoms with van der Waals surface area (Å²) >= 11 is 0. The summed E-state index contributed by atoms with van der Waals surface area (Å²) in [5.41, 5.74) is -0.500. The minimum absolute atomic E-state index is 0.0332. The highest BCUT2D eigenvalue weighted by molar-refractivity contribution is 5.06. The molecule has 1 rings (SSSR count). The van der Waals surface area contributed by atoms with E-state index in [4.69, 9.17) is 5.26 Å². The maximum atomic E-state index is 9.71. The van der Waals surface area contributed by atoms with Crippen molar-refractivity contribution in [3.8, 4) is 6.07 Å². The van der Waals surface area contributed by atoms with Gasteiger partial charge < -0.3 is 5.21 Å². The van der Waals surface area contributed by atoms with Crippen molar-refractivity contribution in [3.63, 3.8) is 0 Å². The van der Waals surface area contributed by atoms with E-state index in [0.29, 0.717) is 6.54 Å². The van der Waals surface area contributed by atoms with E-state index < -0.39 is 0 Å². The van der Waals surface area contributed by atoms with Crippen LogP contribution in [0.5, 0.6) is 0 Å². The topological polar surface area (TPSA) is 47.3 Å². The first-order valence-corrected chi connectivity index (χ1v) is 4.70. The smallest absolute Gasteiger partial charge is 0.0662 e. The fraction of sp³-hybridized carbons (Fsp3) is 0.900. The lowest BCUT2D eigenvalue weighted by molar-refractivity contribution is -0.227. The monoisotopic (exact) mass is 182 g/mol. The van der Waals surface area contributed by atoms with Crippen LogP contribution in [0.4, 0.5) is 0 Å². The van der Waals surface area contributed by atoms with Gasteiger partial charge in [-0.2, -0.15) is 10.3 Å². The van der Waals surface area contributed by atoms with E-state index in [1.54, 1.807) is 0 Å². The van der Waals surface area contributed by atoms with Crippen molar-refractivity contribution < 1.29 is 5.21 Å². The molecule has 3 heteroatoms. The van der Waals surface area contributed by atoms with Crippen molar-refractivity contribution >= 4 is 0 Å². The van der Waals surface area contributed by atoms with Crippen LogP contribution in [-0.4, -0.2) is 22.4 Å². The highest BCUT2D eigenvalue weighted by Gasteiger charge is 2.50. The van der Waals surface area contributed by atoms with E-state index in [1.165, 1.54) is 5.06 Å². The molecule has 0 aromatic carbocycles. The molecule has 1 N–H and O–H groups in total. The van der Waals surface area contributed by atoms with Gasteiger partial charge in [0.05, 0.1) is 12.0 Å². The summed E-state index contributed by atoms with van der Waals surface area (Å²) in [6, 6.07) is 2.33. The van der Waals surface area contributed by atoms with Crippen LogP contribution in [0.2, 0.25) is 0 Å². The van der Waals surface area contributed by atoms with Crippen molar-refractivity contribution in [2.75, 3.05) is 6.54 Å². The highest BCUT2D eigenvalue weighted by atomic mass is 16.5.